The fourth-order valence-corrected chi connectivity index (χ4v) is 1.50. The molecule has 0 bridgehead atoms. The van der Waals surface area contributed by atoms with Crippen molar-refractivity contribution in [3.05, 3.63) is 35.4 Å². The molecular formula is C14H18F3NO2. The van der Waals surface area contributed by atoms with E-state index in [0.29, 0.717) is 18.7 Å². The van der Waals surface area contributed by atoms with Crippen molar-refractivity contribution in [2.45, 2.75) is 32.5 Å². The quantitative estimate of drug-likeness (QED) is 0.619. The van der Waals surface area contributed by atoms with Gasteiger partial charge in [0.25, 0.3) is 0 Å². The predicted octanol–water partition coefficient (Wildman–Crippen LogP) is 3.14. The lowest BCUT2D eigenvalue weighted by Gasteiger charge is -2.08. The van der Waals surface area contributed by atoms with E-state index < -0.39 is 11.7 Å². The van der Waals surface area contributed by atoms with Gasteiger partial charge in [-0.05, 0) is 24.1 Å². The predicted molar refractivity (Wildman–Crippen MR) is 69.0 cm³/mol. The van der Waals surface area contributed by atoms with Crippen molar-refractivity contribution in [2.75, 3.05) is 13.2 Å². The minimum atomic E-state index is -4.32. The number of halogens is 3. The van der Waals surface area contributed by atoms with E-state index >= 15 is 0 Å². The first-order valence-corrected chi connectivity index (χ1v) is 6.46. The SMILES string of the molecule is CCCCOC(=O)CNCc1ccc(C(F)(F)F)cc1. The summed E-state index contributed by atoms with van der Waals surface area (Å²) in [7, 11) is 0. The Morgan fingerprint density at radius 3 is 2.45 bits per heavy atom. The second-order valence-corrected chi connectivity index (χ2v) is 4.37. The molecule has 0 aliphatic carbocycles. The number of nitrogens with one attached hydrogen (secondary N) is 1. The summed E-state index contributed by atoms with van der Waals surface area (Å²) in [5.41, 5.74) is -0.000386. The molecule has 0 saturated carbocycles. The van der Waals surface area contributed by atoms with E-state index in [-0.39, 0.29) is 12.5 Å². The molecule has 0 amide bonds. The first kappa shape index (κ1) is 16.5. The van der Waals surface area contributed by atoms with Crippen molar-refractivity contribution in [1.82, 2.24) is 5.32 Å². The van der Waals surface area contributed by atoms with Crippen molar-refractivity contribution in [3.63, 3.8) is 0 Å². The van der Waals surface area contributed by atoms with Crippen LogP contribution in [0.5, 0.6) is 0 Å². The Kier molecular flexibility index (Phi) is 6.51. The summed E-state index contributed by atoms with van der Waals surface area (Å²) in [6.07, 6.45) is -2.55. The normalized spacial score (nSPS) is 11.4. The van der Waals surface area contributed by atoms with Crippen LogP contribution in [0.25, 0.3) is 0 Å². The maximum atomic E-state index is 12.3. The Labute approximate surface area is 116 Å². The highest BCUT2D eigenvalue weighted by molar-refractivity contribution is 5.71. The summed E-state index contributed by atoms with van der Waals surface area (Å²) in [6.45, 7) is 2.76. The van der Waals surface area contributed by atoms with Crippen molar-refractivity contribution < 1.29 is 22.7 Å². The number of hydrogen-bond donors (Lipinski definition) is 1. The van der Waals surface area contributed by atoms with Crippen LogP contribution in [0.4, 0.5) is 13.2 Å². The molecule has 0 aromatic heterocycles. The Bertz CT molecular complexity index is 415. The number of hydrogen-bond acceptors (Lipinski definition) is 3. The van der Waals surface area contributed by atoms with Crippen LogP contribution in [-0.4, -0.2) is 19.1 Å². The Balaban J connectivity index is 2.30. The maximum Gasteiger partial charge on any atom is 0.416 e. The van der Waals surface area contributed by atoms with Crippen LogP contribution in [0.15, 0.2) is 24.3 Å². The van der Waals surface area contributed by atoms with Crippen molar-refractivity contribution in [1.29, 1.82) is 0 Å². The van der Waals surface area contributed by atoms with Crippen LogP contribution in [-0.2, 0) is 22.3 Å². The Morgan fingerprint density at radius 1 is 1.25 bits per heavy atom. The average molecular weight is 289 g/mol. The number of unbranched alkanes of at least 4 members (excludes halogenated alkanes) is 1. The third-order valence-corrected chi connectivity index (χ3v) is 2.64. The summed E-state index contributed by atoms with van der Waals surface area (Å²) < 4.78 is 42.0. The minimum absolute atomic E-state index is 0.0464. The van der Waals surface area contributed by atoms with Gasteiger partial charge in [-0.3, -0.25) is 4.79 Å². The number of carbonyl (C=O) groups excluding carboxylic acids is 1. The molecule has 0 heterocycles. The summed E-state index contributed by atoms with van der Waals surface area (Å²) in [5.74, 6) is -0.356. The molecule has 1 aromatic rings. The minimum Gasteiger partial charge on any atom is -0.465 e. The molecule has 0 spiro atoms. The largest absolute Gasteiger partial charge is 0.465 e. The monoisotopic (exact) mass is 289 g/mol. The van der Waals surface area contributed by atoms with Crippen LogP contribution >= 0.6 is 0 Å². The van der Waals surface area contributed by atoms with Crippen LogP contribution in [0.2, 0.25) is 0 Å². The van der Waals surface area contributed by atoms with Gasteiger partial charge in [0.1, 0.15) is 0 Å². The highest BCUT2D eigenvalue weighted by atomic mass is 19.4. The van der Waals surface area contributed by atoms with Gasteiger partial charge in [0, 0.05) is 6.54 Å². The van der Waals surface area contributed by atoms with Crippen LogP contribution in [0.3, 0.4) is 0 Å². The van der Waals surface area contributed by atoms with Gasteiger partial charge in [-0.15, -0.1) is 0 Å². The summed E-state index contributed by atoms with van der Waals surface area (Å²) >= 11 is 0. The smallest absolute Gasteiger partial charge is 0.416 e. The number of carbonyl (C=O) groups is 1. The molecule has 20 heavy (non-hydrogen) atoms. The molecule has 1 N–H and O–H groups in total. The lowest BCUT2D eigenvalue weighted by atomic mass is 10.1. The highest BCUT2D eigenvalue weighted by Crippen LogP contribution is 2.28. The van der Waals surface area contributed by atoms with E-state index in [1.54, 1.807) is 0 Å². The lowest BCUT2D eigenvalue weighted by Crippen LogP contribution is -2.24. The molecule has 6 heteroatoms. The van der Waals surface area contributed by atoms with Crippen molar-refractivity contribution >= 4 is 5.97 Å². The molecule has 0 aliphatic rings. The van der Waals surface area contributed by atoms with E-state index in [9.17, 15) is 18.0 Å². The maximum absolute atomic E-state index is 12.3. The molecule has 3 nitrogen and oxygen atoms in total. The molecule has 0 atom stereocenters. The van der Waals surface area contributed by atoms with Gasteiger partial charge in [-0.1, -0.05) is 25.5 Å². The average Bonchev–Trinajstić information content (AvgIpc) is 2.38. The van der Waals surface area contributed by atoms with Gasteiger partial charge >= 0.3 is 12.1 Å². The highest BCUT2D eigenvalue weighted by Gasteiger charge is 2.29. The summed E-state index contributed by atoms with van der Waals surface area (Å²) in [5, 5.41) is 2.83. The zero-order valence-corrected chi connectivity index (χ0v) is 11.3. The molecule has 0 aliphatic heterocycles. The van der Waals surface area contributed by atoms with E-state index in [1.807, 2.05) is 6.92 Å². The van der Waals surface area contributed by atoms with E-state index in [4.69, 9.17) is 4.74 Å². The number of alkyl halides is 3. The van der Waals surface area contributed by atoms with Crippen LogP contribution in [0, 0.1) is 0 Å². The topological polar surface area (TPSA) is 38.3 Å². The molecule has 0 unspecified atom stereocenters. The van der Waals surface area contributed by atoms with Crippen LogP contribution < -0.4 is 5.32 Å². The zero-order valence-electron chi connectivity index (χ0n) is 11.3. The summed E-state index contributed by atoms with van der Waals surface area (Å²) in [4.78, 5) is 11.3. The molecule has 1 aromatic carbocycles. The van der Waals surface area contributed by atoms with Crippen molar-refractivity contribution in [2.24, 2.45) is 0 Å². The first-order valence-electron chi connectivity index (χ1n) is 6.46. The van der Waals surface area contributed by atoms with E-state index in [2.05, 4.69) is 5.32 Å². The van der Waals surface area contributed by atoms with Gasteiger partial charge in [-0.2, -0.15) is 13.2 Å². The van der Waals surface area contributed by atoms with Gasteiger partial charge < -0.3 is 10.1 Å². The van der Waals surface area contributed by atoms with E-state index in [0.717, 1.165) is 25.0 Å². The lowest BCUT2D eigenvalue weighted by molar-refractivity contribution is -0.142. The number of rotatable bonds is 7. The Morgan fingerprint density at radius 2 is 1.90 bits per heavy atom. The zero-order chi connectivity index (χ0) is 15.0. The second kappa shape index (κ2) is 7.89. The molecule has 0 radical (unpaired) electrons. The van der Waals surface area contributed by atoms with Gasteiger partial charge in [0.05, 0.1) is 18.7 Å². The third-order valence-electron chi connectivity index (χ3n) is 2.64. The summed E-state index contributed by atoms with van der Waals surface area (Å²) in [6, 6.07) is 4.82. The molecule has 112 valence electrons. The number of esters is 1. The molecule has 1 rings (SSSR count). The molecule has 0 saturated heterocycles. The van der Waals surface area contributed by atoms with Crippen LogP contribution in [0.1, 0.15) is 30.9 Å². The molecular weight excluding hydrogens is 271 g/mol. The van der Waals surface area contributed by atoms with Gasteiger partial charge in [0.2, 0.25) is 0 Å². The van der Waals surface area contributed by atoms with E-state index in [1.165, 1.54) is 12.1 Å². The third kappa shape index (κ3) is 6.06. The van der Waals surface area contributed by atoms with Crippen molar-refractivity contribution in [3.8, 4) is 0 Å². The fraction of sp³-hybridized carbons (Fsp3) is 0.500. The second-order valence-electron chi connectivity index (χ2n) is 4.37. The van der Waals surface area contributed by atoms with Gasteiger partial charge in [0.15, 0.2) is 0 Å². The first-order chi connectivity index (χ1) is 9.43. The molecule has 0 fully saturated rings. The van der Waals surface area contributed by atoms with Gasteiger partial charge in [-0.25, -0.2) is 0 Å². The fourth-order valence-electron chi connectivity index (χ4n) is 1.50. The number of ether oxygens (including phenoxy) is 1. The number of benzene rings is 1. The Hall–Kier alpha value is -1.56. The standard InChI is InChI=1S/C14H18F3NO2/c1-2-3-8-20-13(19)10-18-9-11-4-6-12(7-5-11)14(15,16)17/h4-7,18H,2-3,8-10H2,1H3.